The molecule has 5 heteroatoms. The van der Waals surface area contributed by atoms with Crippen molar-refractivity contribution >= 4 is 17.3 Å². The Bertz CT molecular complexity index is 563. The summed E-state index contributed by atoms with van der Waals surface area (Å²) in [7, 11) is 0. The van der Waals surface area contributed by atoms with Crippen LogP contribution in [-0.4, -0.2) is 17.1 Å². The lowest BCUT2D eigenvalue weighted by Gasteiger charge is -2.21. The fourth-order valence-electron chi connectivity index (χ4n) is 1.82. The van der Waals surface area contributed by atoms with E-state index in [9.17, 15) is 14.9 Å². The Balaban J connectivity index is 3.32. The van der Waals surface area contributed by atoms with Crippen molar-refractivity contribution in [3.05, 3.63) is 30.3 Å². The highest BCUT2D eigenvalue weighted by atomic mass is 16.2. The summed E-state index contributed by atoms with van der Waals surface area (Å²) in [6.07, 6.45) is 0. The van der Waals surface area contributed by atoms with Crippen LogP contribution < -0.4 is 0 Å². The molecule has 0 saturated heterocycles. The number of nitriles is 1. The van der Waals surface area contributed by atoms with Crippen molar-refractivity contribution in [2.45, 2.75) is 33.2 Å². The van der Waals surface area contributed by atoms with Gasteiger partial charge in [-0.25, -0.2) is 0 Å². The third-order valence-electron chi connectivity index (χ3n) is 3.00. The molecule has 0 aliphatic heterocycles. The van der Waals surface area contributed by atoms with E-state index >= 15 is 0 Å². The summed E-state index contributed by atoms with van der Waals surface area (Å²) in [5, 5.41) is 17.2. The second-order valence-corrected chi connectivity index (χ2v) is 5.40. The molecule has 0 unspecified atom stereocenters. The van der Waals surface area contributed by atoms with Gasteiger partial charge < -0.3 is 0 Å². The Hall–Kier alpha value is -2.35. The molecule has 0 heterocycles. The minimum absolute atomic E-state index is 0.484. The number of hydrogen-bond acceptors (Lipinski definition) is 5. The van der Waals surface area contributed by atoms with Crippen LogP contribution in [0.5, 0.6) is 0 Å². The third-order valence-corrected chi connectivity index (χ3v) is 3.00. The number of benzene rings is 1. The van der Waals surface area contributed by atoms with Gasteiger partial charge in [-0.15, -0.1) is 5.11 Å². The highest BCUT2D eigenvalue weighted by Crippen LogP contribution is 2.25. The fraction of sp³-hybridized carbons (Fsp3) is 0.438. The monoisotopic (exact) mass is 285 g/mol. The van der Waals surface area contributed by atoms with Crippen molar-refractivity contribution in [3.8, 4) is 6.07 Å². The van der Waals surface area contributed by atoms with E-state index in [1.165, 1.54) is 0 Å². The molecular weight excluding hydrogens is 266 g/mol. The number of Topliss-reactive ketones (excluding diaryl/α,β-unsaturated/α-hetero) is 2. The van der Waals surface area contributed by atoms with E-state index in [1.54, 1.807) is 58.0 Å². The van der Waals surface area contributed by atoms with E-state index in [4.69, 9.17) is 0 Å². The van der Waals surface area contributed by atoms with E-state index < -0.39 is 28.9 Å². The van der Waals surface area contributed by atoms with Gasteiger partial charge in [0.25, 0.3) is 5.54 Å². The lowest BCUT2D eigenvalue weighted by molar-refractivity contribution is -0.135. The molecule has 0 amide bonds. The number of nitrogens with zero attached hydrogens (tertiary/aromatic N) is 3. The zero-order valence-electron chi connectivity index (χ0n) is 12.7. The fourth-order valence-corrected chi connectivity index (χ4v) is 1.82. The van der Waals surface area contributed by atoms with Gasteiger partial charge in [0.15, 0.2) is 11.6 Å². The molecule has 1 aromatic rings. The van der Waals surface area contributed by atoms with E-state index in [2.05, 4.69) is 10.2 Å². The summed E-state index contributed by atoms with van der Waals surface area (Å²) < 4.78 is 0. The summed E-state index contributed by atoms with van der Waals surface area (Å²) in [5.41, 5.74) is -1.57. The van der Waals surface area contributed by atoms with Gasteiger partial charge in [-0.05, 0) is 12.1 Å². The van der Waals surface area contributed by atoms with Gasteiger partial charge in [-0.3, -0.25) is 9.59 Å². The highest BCUT2D eigenvalue weighted by Gasteiger charge is 2.48. The van der Waals surface area contributed by atoms with Crippen molar-refractivity contribution in [1.29, 1.82) is 5.26 Å². The van der Waals surface area contributed by atoms with Gasteiger partial charge in [0.1, 0.15) is 6.07 Å². The Morgan fingerprint density at radius 3 is 1.90 bits per heavy atom. The Morgan fingerprint density at radius 2 is 1.52 bits per heavy atom. The number of carbonyl (C=O) groups is 2. The molecule has 0 fully saturated rings. The Kier molecular flexibility index (Phi) is 5.48. The average molecular weight is 285 g/mol. The number of hydrogen-bond donors (Lipinski definition) is 0. The van der Waals surface area contributed by atoms with Crippen LogP contribution >= 0.6 is 0 Å². The lowest BCUT2D eigenvalue weighted by atomic mass is 9.81. The molecule has 110 valence electrons. The maximum Gasteiger partial charge on any atom is 0.282 e. The zero-order chi connectivity index (χ0) is 16.0. The van der Waals surface area contributed by atoms with Crippen LogP contribution in [0.1, 0.15) is 27.7 Å². The SMILES string of the molecule is CC(C)C(=O)C(C#N)(N=Nc1ccccc1)C(=O)C(C)C. The lowest BCUT2D eigenvalue weighted by Crippen LogP contribution is -2.47. The number of ketones is 2. The molecule has 5 nitrogen and oxygen atoms in total. The molecule has 1 aromatic carbocycles. The van der Waals surface area contributed by atoms with Gasteiger partial charge in [-0.2, -0.15) is 10.4 Å². The molecular formula is C16H19N3O2. The van der Waals surface area contributed by atoms with Crippen LogP contribution in [0, 0.1) is 23.2 Å². The normalized spacial score (nSPS) is 11.9. The molecule has 1 rings (SSSR count). The van der Waals surface area contributed by atoms with Gasteiger partial charge in [-0.1, -0.05) is 45.9 Å². The molecule has 0 radical (unpaired) electrons. The first-order valence-electron chi connectivity index (χ1n) is 6.83. The van der Waals surface area contributed by atoms with Crippen molar-refractivity contribution in [2.24, 2.45) is 22.1 Å². The molecule has 0 saturated carbocycles. The quantitative estimate of drug-likeness (QED) is 0.592. The zero-order valence-corrected chi connectivity index (χ0v) is 12.7. The first kappa shape index (κ1) is 16.7. The van der Waals surface area contributed by atoms with Crippen LogP contribution in [0.4, 0.5) is 5.69 Å². The van der Waals surface area contributed by atoms with E-state index in [-0.39, 0.29) is 0 Å². The maximum atomic E-state index is 12.4. The van der Waals surface area contributed by atoms with Gasteiger partial charge in [0, 0.05) is 11.8 Å². The minimum atomic E-state index is -2.06. The largest absolute Gasteiger partial charge is 0.295 e. The molecule has 21 heavy (non-hydrogen) atoms. The second kappa shape index (κ2) is 6.89. The predicted octanol–water partition coefficient (Wildman–Crippen LogP) is 3.48. The van der Waals surface area contributed by atoms with Crippen LogP contribution in [0.15, 0.2) is 40.6 Å². The molecule has 0 aliphatic carbocycles. The van der Waals surface area contributed by atoms with Crippen LogP contribution in [0.2, 0.25) is 0 Å². The molecule has 0 N–H and O–H groups in total. The standard InChI is InChI=1S/C16H19N3O2/c1-11(2)14(20)16(10-17,15(21)12(3)4)19-18-13-8-6-5-7-9-13/h5-9,11-12H,1-4H3. The molecule has 0 aliphatic rings. The second-order valence-electron chi connectivity index (χ2n) is 5.40. The predicted molar refractivity (Wildman–Crippen MR) is 79.0 cm³/mol. The number of rotatable bonds is 6. The summed E-state index contributed by atoms with van der Waals surface area (Å²) in [6.45, 7) is 6.56. The average Bonchev–Trinajstić information content (AvgIpc) is 2.48. The van der Waals surface area contributed by atoms with Crippen molar-refractivity contribution in [1.82, 2.24) is 0 Å². The van der Waals surface area contributed by atoms with Crippen molar-refractivity contribution in [3.63, 3.8) is 0 Å². The number of carbonyl (C=O) groups excluding carboxylic acids is 2. The van der Waals surface area contributed by atoms with Crippen LogP contribution in [-0.2, 0) is 9.59 Å². The molecule has 0 atom stereocenters. The first-order valence-corrected chi connectivity index (χ1v) is 6.83. The first-order chi connectivity index (χ1) is 9.85. The smallest absolute Gasteiger partial charge is 0.282 e. The highest BCUT2D eigenvalue weighted by molar-refractivity contribution is 6.15. The summed E-state index contributed by atoms with van der Waals surface area (Å²) in [5.74, 6) is -2.02. The molecule has 0 bridgehead atoms. The van der Waals surface area contributed by atoms with E-state index in [1.807, 2.05) is 6.07 Å². The maximum absolute atomic E-state index is 12.4. The third kappa shape index (κ3) is 3.60. The summed E-state index contributed by atoms with van der Waals surface area (Å²) >= 11 is 0. The van der Waals surface area contributed by atoms with Crippen LogP contribution in [0.3, 0.4) is 0 Å². The van der Waals surface area contributed by atoms with Crippen molar-refractivity contribution < 1.29 is 9.59 Å². The van der Waals surface area contributed by atoms with Gasteiger partial charge in [0.05, 0.1) is 5.69 Å². The summed E-state index contributed by atoms with van der Waals surface area (Å²) in [4.78, 5) is 24.7. The Labute approximate surface area is 124 Å². The van der Waals surface area contributed by atoms with Gasteiger partial charge in [0.2, 0.25) is 0 Å². The molecule has 0 spiro atoms. The van der Waals surface area contributed by atoms with Crippen LogP contribution in [0.25, 0.3) is 0 Å². The number of azo groups is 1. The van der Waals surface area contributed by atoms with E-state index in [0.29, 0.717) is 5.69 Å². The summed E-state index contributed by atoms with van der Waals surface area (Å²) in [6, 6.07) is 10.5. The Morgan fingerprint density at radius 1 is 1.05 bits per heavy atom. The minimum Gasteiger partial charge on any atom is -0.295 e. The van der Waals surface area contributed by atoms with Crippen molar-refractivity contribution in [2.75, 3.05) is 0 Å². The topological polar surface area (TPSA) is 82.7 Å². The van der Waals surface area contributed by atoms with E-state index in [0.717, 1.165) is 0 Å². The van der Waals surface area contributed by atoms with Gasteiger partial charge >= 0.3 is 0 Å². The molecule has 0 aromatic heterocycles.